The first-order valence-electron chi connectivity index (χ1n) is 5.62. The number of phenolic OH excluding ortho intramolecular Hbond substituents is 1. The first-order chi connectivity index (χ1) is 9.46. The minimum absolute atomic E-state index is 0.0926. The van der Waals surface area contributed by atoms with Gasteiger partial charge in [0.2, 0.25) is 0 Å². The van der Waals surface area contributed by atoms with Crippen molar-refractivity contribution < 1.29 is 41.0 Å². The number of hydrogen-bond acceptors (Lipinski definition) is 3. The number of benzene rings is 1. The van der Waals surface area contributed by atoms with Gasteiger partial charge in [-0.2, -0.15) is 26.3 Å². The maximum atomic E-state index is 12.6. The fourth-order valence-electron chi connectivity index (χ4n) is 1.58. The van der Waals surface area contributed by atoms with E-state index in [1.165, 1.54) is 6.92 Å². The normalized spacial score (nSPS) is 12.3. The van der Waals surface area contributed by atoms with E-state index in [4.69, 9.17) is 0 Å². The molecule has 0 spiro atoms. The SMILES string of the molecule is CCOC(=O)Cc1cc(C(F)(F)F)cc(C(F)(F)F)c1O. The number of alkyl halides is 6. The summed E-state index contributed by atoms with van der Waals surface area (Å²) in [5.74, 6) is -2.45. The number of halogens is 6. The Kier molecular flexibility index (Phi) is 4.75. The largest absolute Gasteiger partial charge is 0.507 e. The summed E-state index contributed by atoms with van der Waals surface area (Å²) in [6.07, 6.45) is -11.1. The molecule has 1 aromatic rings. The van der Waals surface area contributed by atoms with E-state index >= 15 is 0 Å². The number of esters is 1. The first kappa shape index (κ1) is 17.1. The zero-order valence-electron chi connectivity index (χ0n) is 10.6. The Morgan fingerprint density at radius 1 is 1.14 bits per heavy atom. The maximum Gasteiger partial charge on any atom is 0.419 e. The molecule has 0 fully saturated rings. The van der Waals surface area contributed by atoms with Gasteiger partial charge >= 0.3 is 18.3 Å². The standard InChI is InChI=1S/C12H10F6O3/c1-2-21-9(19)4-6-3-7(11(13,14)15)5-8(10(6)20)12(16,17)18/h3,5,20H,2,4H2,1H3. The number of hydrogen-bond donors (Lipinski definition) is 1. The summed E-state index contributed by atoms with van der Waals surface area (Å²) in [6.45, 7) is 1.33. The van der Waals surface area contributed by atoms with Gasteiger partial charge in [0.1, 0.15) is 5.75 Å². The number of carbonyl (C=O) groups excluding carboxylic acids is 1. The molecular weight excluding hydrogens is 306 g/mol. The third kappa shape index (κ3) is 4.27. The molecule has 1 rings (SSSR count). The van der Waals surface area contributed by atoms with Gasteiger partial charge in [0.05, 0.1) is 24.2 Å². The van der Waals surface area contributed by atoms with E-state index in [2.05, 4.69) is 4.74 Å². The van der Waals surface area contributed by atoms with Crippen molar-refractivity contribution in [2.45, 2.75) is 25.7 Å². The van der Waals surface area contributed by atoms with Crippen LogP contribution < -0.4 is 0 Å². The van der Waals surface area contributed by atoms with Gasteiger partial charge < -0.3 is 9.84 Å². The van der Waals surface area contributed by atoms with Crippen LogP contribution in [0.4, 0.5) is 26.3 Å². The average Bonchev–Trinajstić information content (AvgIpc) is 2.28. The lowest BCUT2D eigenvalue weighted by atomic mass is 10.0. The van der Waals surface area contributed by atoms with Gasteiger partial charge in [0.15, 0.2) is 0 Å². The Labute approximate surface area is 115 Å². The highest BCUT2D eigenvalue weighted by molar-refractivity contribution is 5.74. The van der Waals surface area contributed by atoms with Crippen molar-refractivity contribution in [2.75, 3.05) is 6.61 Å². The van der Waals surface area contributed by atoms with E-state index in [0.29, 0.717) is 6.07 Å². The Hall–Kier alpha value is -1.93. The van der Waals surface area contributed by atoms with Crippen molar-refractivity contribution in [3.63, 3.8) is 0 Å². The Bertz CT molecular complexity index is 533. The Morgan fingerprint density at radius 2 is 1.71 bits per heavy atom. The molecule has 0 aliphatic heterocycles. The van der Waals surface area contributed by atoms with E-state index in [1.807, 2.05) is 0 Å². The van der Waals surface area contributed by atoms with E-state index in [9.17, 15) is 36.2 Å². The molecule has 118 valence electrons. The Morgan fingerprint density at radius 3 is 2.14 bits per heavy atom. The first-order valence-corrected chi connectivity index (χ1v) is 5.62. The average molecular weight is 316 g/mol. The summed E-state index contributed by atoms with van der Waals surface area (Å²) in [5, 5.41) is 9.44. The van der Waals surface area contributed by atoms with Crippen molar-refractivity contribution in [3.05, 3.63) is 28.8 Å². The predicted molar refractivity (Wildman–Crippen MR) is 58.4 cm³/mol. The van der Waals surface area contributed by atoms with Crippen LogP contribution in [0.3, 0.4) is 0 Å². The molecule has 1 N–H and O–H groups in total. The summed E-state index contributed by atoms with van der Waals surface area (Å²) in [4.78, 5) is 11.2. The van der Waals surface area contributed by atoms with Crippen LogP contribution in [0.5, 0.6) is 5.75 Å². The van der Waals surface area contributed by atoms with Crippen molar-refractivity contribution in [3.8, 4) is 5.75 Å². The summed E-state index contributed by atoms with van der Waals surface area (Å²) in [5.41, 5.74) is -4.25. The molecule has 9 heteroatoms. The van der Waals surface area contributed by atoms with Crippen molar-refractivity contribution in [1.29, 1.82) is 0 Å². The van der Waals surface area contributed by atoms with Crippen LogP contribution in [0, 0.1) is 0 Å². The molecule has 0 amide bonds. The molecule has 0 atom stereocenters. The fourth-order valence-corrected chi connectivity index (χ4v) is 1.58. The van der Waals surface area contributed by atoms with Crippen molar-refractivity contribution >= 4 is 5.97 Å². The van der Waals surface area contributed by atoms with Crippen molar-refractivity contribution in [2.24, 2.45) is 0 Å². The minimum atomic E-state index is -5.19. The lowest BCUT2D eigenvalue weighted by Crippen LogP contribution is -2.14. The van der Waals surface area contributed by atoms with Crippen LogP contribution in [0.1, 0.15) is 23.6 Å². The van der Waals surface area contributed by atoms with Gasteiger partial charge in [-0.15, -0.1) is 0 Å². The molecule has 0 radical (unpaired) electrons. The van der Waals surface area contributed by atoms with Crippen LogP contribution >= 0.6 is 0 Å². The van der Waals surface area contributed by atoms with E-state index in [0.717, 1.165) is 0 Å². The molecule has 0 aliphatic carbocycles. The summed E-state index contributed by atoms with van der Waals surface area (Å²) < 4.78 is 80.1. The summed E-state index contributed by atoms with van der Waals surface area (Å²) in [6, 6.07) is 0.0888. The third-order valence-corrected chi connectivity index (χ3v) is 2.46. The second-order valence-corrected chi connectivity index (χ2v) is 4.01. The highest BCUT2D eigenvalue weighted by Gasteiger charge is 2.40. The second-order valence-electron chi connectivity index (χ2n) is 4.01. The quantitative estimate of drug-likeness (QED) is 0.685. The topological polar surface area (TPSA) is 46.5 Å². The van der Waals surface area contributed by atoms with Gasteiger partial charge in [-0.25, -0.2) is 0 Å². The zero-order valence-corrected chi connectivity index (χ0v) is 10.6. The minimum Gasteiger partial charge on any atom is -0.507 e. The van der Waals surface area contributed by atoms with Gasteiger partial charge in [0, 0.05) is 5.56 Å². The fraction of sp³-hybridized carbons (Fsp3) is 0.417. The molecule has 0 saturated heterocycles. The second kappa shape index (κ2) is 5.82. The van der Waals surface area contributed by atoms with E-state index in [1.54, 1.807) is 0 Å². The monoisotopic (exact) mass is 316 g/mol. The summed E-state index contributed by atoms with van der Waals surface area (Å²) in [7, 11) is 0. The molecule has 3 nitrogen and oxygen atoms in total. The Balaban J connectivity index is 3.38. The maximum absolute atomic E-state index is 12.6. The molecule has 0 aliphatic rings. The smallest absolute Gasteiger partial charge is 0.419 e. The van der Waals surface area contributed by atoms with Crippen LogP contribution in [0.25, 0.3) is 0 Å². The summed E-state index contributed by atoms with van der Waals surface area (Å²) >= 11 is 0. The highest BCUT2D eigenvalue weighted by Crippen LogP contribution is 2.42. The van der Waals surface area contributed by atoms with Crippen LogP contribution in [-0.4, -0.2) is 17.7 Å². The van der Waals surface area contributed by atoms with E-state index in [-0.39, 0.29) is 12.7 Å². The van der Waals surface area contributed by atoms with Gasteiger partial charge in [0.25, 0.3) is 0 Å². The van der Waals surface area contributed by atoms with E-state index < -0.39 is 47.2 Å². The third-order valence-electron chi connectivity index (χ3n) is 2.46. The number of rotatable bonds is 3. The lowest BCUT2D eigenvalue weighted by molar-refractivity contribution is -0.145. The molecule has 0 saturated carbocycles. The molecule has 0 heterocycles. The van der Waals surface area contributed by atoms with Gasteiger partial charge in [-0.05, 0) is 19.1 Å². The molecular formula is C12H10F6O3. The molecule has 0 bridgehead atoms. The predicted octanol–water partition coefficient (Wildman–Crippen LogP) is 3.54. The molecule has 21 heavy (non-hydrogen) atoms. The number of carbonyl (C=O) groups is 1. The molecule has 1 aromatic carbocycles. The highest BCUT2D eigenvalue weighted by atomic mass is 19.4. The van der Waals surface area contributed by atoms with Crippen LogP contribution in [0.2, 0.25) is 0 Å². The van der Waals surface area contributed by atoms with Gasteiger partial charge in [-0.3, -0.25) is 4.79 Å². The molecule has 0 unspecified atom stereocenters. The lowest BCUT2D eigenvalue weighted by Gasteiger charge is -2.16. The number of ether oxygens (including phenoxy) is 1. The van der Waals surface area contributed by atoms with Crippen molar-refractivity contribution in [1.82, 2.24) is 0 Å². The van der Waals surface area contributed by atoms with Gasteiger partial charge in [-0.1, -0.05) is 0 Å². The number of phenols is 1. The molecule has 0 aromatic heterocycles. The number of aromatic hydroxyl groups is 1. The van der Waals surface area contributed by atoms with Crippen LogP contribution in [-0.2, 0) is 28.3 Å². The van der Waals surface area contributed by atoms with Crippen LogP contribution in [0.15, 0.2) is 12.1 Å². The zero-order chi connectivity index (χ0) is 16.4.